The van der Waals surface area contributed by atoms with Gasteiger partial charge >= 0.3 is 6.03 Å². The van der Waals surface area contributed by atoms with Gasteiger partial charge < -0.3 is 14.2 Å². The summed E-state index contributed by atoms with van der Waals surface area (Å²) in [5.74, 6) is 1.41. The van der Waals surface area contributed by atoms with Crippen LogP contribution in [0.3, 0.4) is 0 Å². The van der Waals surface area contributed by atoms with Crippen LogP contribution >= 0.6 is 11.3 Å². The van der Waals surface area contributed by atoms with E-state index >= 15 is 0 Å². The Balaban J connectivity index is 1.28. The summed E-state index contributed by atoms with van der Waals surface area (Å²) in [4.78, 5) is 28.4. The number of furan rings is 1. The van der Waals surface area contributed by atoms with Gasteiger partial charge in [0.25, 0.3) is 5.91 Å². The van der Waals surface area contributed by atoms with E-state index in [1.807, 2.05) is 6.92 Å². The van der Waals surface area contributed by atoms with Gasteiger partial charge in [-0.3, -0.25) is 10.1 Å². The lowest BCUT2D eigenvalue weighted by molar-refractivity contribution is 0.0639. The first-order valence-corrected chi connectivity index (χ1v) is 10.7. The number of hydrogen-bond acceptors (Lipinski definition) is 6. The number of aromatic nitrogens is 2. The zero-order valence-electron chi connectivity index (χ0n) is 16.0. The maximum atomic E-state index is 12.5. The summed E-state index contributed by atoms with van der Waals surface area (Å²) in [6.07, 6.45) is 6.10. The van der Waals surface area contributed by atoms with E-state index in [1.165, 1.54) is 30.6 Å². The van der Waals surface area contributed by atoms with E-state index in [-0.39, 0.29) is 11.9 Å². The van der Waals surface area contributed by atoms with Crippen molar-refractivity contribution >= 4 is 28.4 Å². The van der Waals surface area contributed by atoms with E-state index in [0.717, 1.165) is 17.8 Å². The highest BCUT2D eigenvalue weighted by atomic mass is 32.1. The first-order chi connectivity index (χ1) is 13.6. The SMILES string of the molecule is Cc1ccc(C(=O)N2CCN(C(=O)Nc3nnc(C4CCCCC4)s3)CC2)o1. The molecule has 0 spiro atoms. The molecule has 2 aromatic heterocycles. The van der Waals surface area contributed by atoms with Gasteiger partial charge in [-0.25, -0.2) is 4.79 Å². The number of nitrogens with zero attached hydrogens (tertiary/aromatic N) is 4. The zero-order chi connectivity index (χ0) is 19.5. The summed E-state index contributed by atoms with van der Waals surface area (Å²) < 4.78 is 5.41. The van der Waals surface area contributed by atoms with Crippen LogP contribution in [0, 0.1) is 6.92 Å². The molecule has 1 aliphatic heterocycles. The van der Waals surface area contributed by atoms with Crippen molar-refractivity contribution in [3.05, 3.63) is 28.7 Å². The fourth-order valence-corrected chi connectivity index (χ4v) is 4.69. The second-order valence-electron chi connectivity index (χ2n) is 7.40. The van der Waals surface area contributed by atoms with E-state index in [4.69, 9.17) is 4.42 Å². The van der Waals surface area contributed by atoms with Crippen molar-refractivity contribution in [2.75, 3.05) is 31.5 Å². The molecule has 28 heavy (non-hydrogen) atoms. The predicted octanol–water partition coefficient (Wildman–Crippen LogP) is 3.48. The first-order valence-electron chi connectivity index (χ1n) is 9.85. The summed E-state index contributed by atoms with van der Waals surface area (Å²) in [5, 5.41) is 12.9. The third kappa shape index (κ3) is 4.19. The van der Waals surface area contributed by atoms with Gasteiger partial charge in [-0.05, 0) is 31.9 Å². The van der Waals surface area contributed by atoms with E-state index in [0.29, 0.717) is 48.7 Å². The third-order valence-electron chi connectivity index (χ3n) is 5.41. The minimum atomic E-state index is -0.188. The summed E-state index contributed by atoms with van der Waals surface area (Å²) in [6, 6.07) is 3.28. The van der Waals surface area contributed by atoms with Gasteiger partial charge in [0.2, 0.25) is 5.13 Å². The number of nitrogens with one attached hydrogen (secondary N) is 1. The van der Waals surface area contributed by atoms with Crippen LogP contribution in [-0.4, -0.2) is 58.1 Å². The molecule has 1 saturated heterocycles. The molecule has 3 heterocycles. The molecule has 1 N–H and O–H groups in total. The number of anilines is 1. The quantitative estimate of drug-likeness (QED) is 0.847. The second kappa shape index (κ2) is 8.30. The molecule has 2 aliphatic rings. The number of aryl methyl sites for hydroxylation is 1. The Labute approximate surface area is 167 Å². The van der Waals surface area contributed by atoms with Crippen molar-refractivity contribution in [3.63, 3.8) is 0 Å². The van der Waals surface area contributed by atoms with Crippen LogP contribution in [0.1, 0.15) is 59.3 Å². The Hall–Kier alpha value is -2.42. The maximum absolute atomic E-state index is 12.5. The van der Waals surface area contributed by atoms with Gasteiger partial charge in [-0.1, -0.05) is 30.6 Å². The normalized spacial score (nSPS) is 18.3. The first kappa shape index (κ1) is 18.9. The number of amides is 3. The van der Waals surface area contributed by atoms with Gasteiger partial charge in [0, 0.05) is 32.1 Å². The number of carbonyl (C=O) groups excluding carboxylic acids is 2. The number of urea groups is 1. The molecule has 150 valence electrons. The highest BCUT2D eigenvalue weighted by Crippen LogP contribution is 2.35. The lowest BCUT2D eigenvalue weighted by Gasteiger charge is -2.34. The average Bonchev–Trinajstić information content (AvgIpc) is 3.37. The summed E-state index contributed by atoms with van der Waals surface area (Å²) in [6.45, 7) is 3.73. The van der Waals surface area contributed by atoms with E-state index in [1.54, 1.807) is 21.9 Å². The molecule has 0 bridgehead atoms. The van der Waals surface area contributed by atoms with E-state index < -0.39 is 0 Å². The Kier molecular flexibility index (Phi) is 5.61. The molecule has 2 aromatic rings. The fraction of sp³-hybridized carbons (Fsp3) is 0.579. The van der Waals surface area contributed by atoms with Crippen molar-refractivity contribution in [1.29, 1.82) is 0 Å². The second-order valence-corrected chi connectivity index (χ2v) is 8.41. The Morgan fingerprint density at radius 3 is 2.46 bits per heavy atom. The van der Waals surface area contributed by atoms with Crippen LogP contribution in [0.2, 0.25) is 0 Å². The van der Waals surface area contributed by atoms with Crippen LogP contribution in [0.4, 0.5) is 9.93 Å². The molecular weight excluding hydrogens is 378 g/mol. The number of carbonyl (C=O) groups is 2. The van der Waals surface area contributed by atoms with Crippen LogP contribution in [0.5, 0.6) is 0 Å². The zero-order valence-corrected chi connectivity index (χ0v) is 16.8. The number of hydrogen-bond donors (Lipinski definition) is 1. The summed E-state index contributed by atoms with van der Waals surface area (Å²) >= 11 is 1.48. The third-order valence-corrected chi connectivity index (χ3v) is 6.42. The van der Waals surface area contributed by atoms with Crippen molar-refractivity contribution in [2.45, 2.75) is 44.9 Å². The molecule has 2 fully saturated rings. The summed E-state index contributed by atoms with van der Waals surface area (Å²) in [5.41, 5.74) is 0. The minimum absolute atomic E-state index is 0.130. The van der Waals surface area contributed by atoms with Crippen LogP contribution in [-0.2, 0) is 0 Å². The van der Waals surface area contributed by atoms with Gasteiger partial charge in [-0.2, -0.15) is 0 Å². The molecule has 8 nitrogen and oxygen atoms in total. The fourth-order valence-electron chi connectivity index (χ4n) is 3.79. The van der Waals surface area contributed by atoms with E-state index in [2.05, 4.69) is 15.5 Å². The highest BCUT2D eigenvalue weighted by Gasteiger charge is 2.27. The highest BCUT2D eigenvalue weighted by molar-refractivity contribution is 7.15. The van der Waals surface area contributed by atoms with Gasteiger partial charge in [0.15, 0.2) is 5.76 Å². The Bertz CT molecular complexity index is 834. The Morgan fingerprint density at radius 2 is 1.79 bits per heavy atom. The lowest BCUT2D eigenvalue weighted by atomic mass is 9.90. The average molecular weight is 404 g/mol. The molecule has 0 unspecified atom stereocenters. The molecule has 0 atom stereocenters. The van der Waals surface area contributed by atoms with Crippen LogP contribution in [0.25, 0.3) is 0 Å². The maximum Gasteiger partial charge on any atom is 0.323 e. The molecule has 0 aromatic carbocycles. The van der Waals surface area contributed by atoms with Gasteiger partial charge in [0.1, 0.15) is 10.8 Å². The van der Waals surface area contributed by atoms with Crippen LogP contribution in [0.15, 0.2) is 16.5 Å². The minimum Gasteiger partial charge on any atom is -0.456 e. The van der Waals surface area contributed by atoms with Crippen LogP contribution < -0.4 is 5.32 Å². The van der Waals surface area contributed by atoms with Crippen molar-refractivity contribution in [2.24, 2.45) is 0 Å². The largest absolute Gasteiger partial charge is 0.456 e. The molecule has 3 amide bonds. The number of rotatable bonds is 3. The van der Waals surface area contributed by atoms with Crippen molar-refractivity contribution in [1.82, 2.24) is 20.0 Å². The lowest BCUT2D eigenvalue weighted by Crippen LogP contribution is -2.51. The topological polar surface area (TPSA) is 91.6 Å². The van der Waals surface area contributed by atoms with E-state index in [9.17, 15) is 9.59 Å². The molecule has 4 rings (SSSR count). The molecule has 0 radical (unpaired) electrons. The van der Waals surface area contributed by atoms with Crippen molar-refractivity contribution < 1.29 is 14.0 Å². The molecular formula is C19H25N5O3S. The monoisotopic (exact) mass is 403 g/mol. The predicted molar refractivity (Wildman–Crippen MR) is 106 cm³/mol. The van der Waals surface area contributed by atoms with Gasteiger partial charge in [0.05, 0.1) is 0 Å². The Morgan fingerprint density at radius 1 is 1.07 bits per heavy atom. The smallest absolute Gasteiger partial charge is 0.323 e. The van der Waals surface area contributed by atoms with Crippen molar-refractivity contribution in [3.8, 4) is 0 Å². The van der Waals surface area contributed by atoms with Gasteiger partial charge in [-0.15, -0.1) is 10.2 Å². The standard InChI is InChI=1S/C19H25N5O3S/c1-13-7-8-15(27-13)17(25)23-9-11-24(12-10-23)19(26)20-18-22-21-16(28-18)14-5-3-2-4-6-14/h7-8,14H,2-6,9-12H2,1H3,(H,20,22,26). The molecule has 1 saturated carbocycles. The number of piperazine rings is 1. The molecule has 9 heteroatoms. The summed E-state index contributed by atoms with van der Waals surface area (Å²) in [7, 11) is 0. The molecule has 1 aliphatic carbocycles.